The van der Waals surface area contributed by atoms with Crippen molar-refractivity contribution in [3.8, 4) is 17.2 Å². The Morgan fingerprint density at radius 1 is 1.33 bits per heavy atom. The topological polar surface area (TPSA) is 94.8 Å². The molecule has 9 heteroatoms. The minimum absolute atomic E-state index is 0.258. The Hall–Kier alpha value is -2.97. The molecule has 1 aromatic carbocycles. The summed E-state index contributed by atoms with van der Waals surface area (Å²) in [5.74, 6) is 3.69. The van der Waals surface area contributed by atoms with Crippen LogP contribution in [0.2, 0.25) is 0 Å². The van der Waals surface area contributed by atoms with Crippen LogP contribution in [0.1, 0.15) is 5.82 Å². The van der Waals surface area contributed by atoms with Crippen molar-refractivity contribution in [2.24, 2.45) is 12.0 Å². The fourth-order valence-corrected chi connectivity index (χ4v) is 2.17. The highest BCUT2D eigenvalue weighted by atomic mass is 16.7. The zero-order valence-corrected chi connectivity index (χ0v) is 13.7. The van der Waals surface area contributed by atoms with E-state index in [4.69, 9.17) is 14.2 Å². The highest BCUT2D eigenvalue weighted by Gasteiger charge is 2.13. The number of aliphatic imine (C=N–C) groups is 1. The molecular weight excluding hydrogens is 312 g/mol. The van der Waals surface area contributed by atoms with E-state index >= 15 is 0 Å². The predicted octanol–water partition coefficient (Wildman–Crippen LogP) is 0.288. The number of guanidine groups is 1. The lowest BCUT2D eigenvalue weighted by molar-refractivity contribution is 0.173. The molecule has 0 bridgehead atoms. The smallest absolute Gasteiger partial charge is 0.231 e. The molecule has 2 N–H and O–H groups in total. The van der Waals surface area contributed by atoms with E-state index in [1.165, 1.54) is 6.33 Å². The van der Waals surface area contributed by atoms with Gasteiger partial charge in [-0.1, -0.05) is 0 Å². The summed E-state index contributed by atoms with van der Waals surface area (Å²) in [6.45, 7) is 1.89. The van der Waals surface area contributed by atoms with Gasteiger partial charge in [-0.05, 0) is 12.1 Å². The van der Waals surface area contributed by atoms with Gasteiger partial charge in [0.2, 0.25) is 6.79 Å². The maximum absolute atomic E-state index is 5.69. The number of hydrogen-bond acceptors (Lipinski definition) is 6. The Labute approximate surface area is 139 Å². The van der Waals surface area contributed by atoms with E-state index in [1.807, 2.05) is 25.2 Å². The van der Waals surface area contributed by atoms with Crippen molar-refractivity contribution in [1.29, 1.82) is 0 Å². The van der Waals surface area contributed by atoms with Crippen molar-refractivity contribution < 1.29 is 14.2 Å². The summed E-state index contributed by atoms with van der Waals surface area (Å²) < 4.78 is 18.0. The third-order valence-corrected chi connectivity index (χ3v) is 3.45. The van der Waals surface area contributed by atoms with Crippen LogP contribution in [0.3, 0.4) is 0 Å². The summed E-state index contributed by atoms with van der Waals surface area (Å²) >= 11 is 0. The van der Waals surface area contributed by atoms with Crippen molar-refractivity contribution in [1.82, 2.24) is 25.4 Å². The second kappa shape index (κ2) is 7.53. The highest BCUT2D eigenvalue weighted by molar-refractivity contribution is 5.79. The second-order valence-corrected chi connectivity index (χ2v) is 5.02. The maximum Gasteiger partial charge on any atom is 0.231 e. The first-order valence-corrected chi connectivity index (χ1v) is 7.56. The quantitative estimate of drug-likeness (QED) is 0.446. The molecule has 0 unspecified atom stereocenters. The van der Waals surface area contributed by atoms with Gasteiger partial charge in [0.05, 0.1) is 13.1 Å². The van der Waals surface area contributed by atoms with Crippen molar-refractivity contribution >= 4 is 5.96 Å². The number of benzene rings is 1. The van der Waals surface area contributed by atoms with Crippen molar-refractivity contribution in [3.05, 3.63) is 30.4 Å². The summed E-state index contributed by atoms with van der Waals surface area (Å²) in [6, 6.07) is 5.52. The summed E-state index contributed by atoms with van der Waals surface area (Å²) in [5.41, 5.74) is 0. The number of hydrogen-bond donors (Lipinski definition) is 2. The average molecular weight is 332 g/mol. The van der Waals surface area contributed by atoms with Crippen molar-refractivity contribution in [3.63, 3.8) is 0 Å². The summed E-state index contributed by atoms with van der Waals surface area (Å²) in [6.07, 6.45) is 1.52. The van der Waals surface area contributed by atoms with Crippen LogP contribution in [-0.4, -0.2) is 47.7 Å². The fourth-order valence-electron chi connectivity index (χ4n) is 2.17. The van der Waals surface area contributed by atoms with E-state index in [9.17, 15) is 0 Å². The van der Waals surface area contributed by atoms with Gasteiger partial charge < -0.3 is 24.8 Å². The van der Waals surface area contributed by atoms with E-state index in [0.29, 0.717) is 31.4 Å². The Bertz CT molecular complexity index is 715. The first-order chi connectivity index (χ1) is 11.8. The van der Waals surface area contributed by atoms with Crippen LogP contribution in [0.4, 0.5) is 0 Å². The minimum Gasteiger partial charge on any atom is -0.492 e. The lowest BCUT2D eigenvalue weighted by Crippen LogP contribution is -2.39. The molecule has 0 spiro atoms. The van der Waals surface area contributed by atoms with E-state index < -0.39 is 0 Å². The van der Waals surface area contributed by atoms with Gasteiger partial charge in [-0.2, -0.15) is 5.10 Å². The Kier molecular flexibility index (Phi) is 4.99. The van der Waals surface area contributed by atoms with E-state index in [2.05, 4.69) is 25.7 Å². The maximum atomic E-state index is 5.69. The van der Waals surface area contributed by atoms with Gasteiger partial charge in [0.1, 0.15) is 24.5 Å². The predicted molar refractivity (Wildman–Crippen MR) is 87.3 cm³/mol. The standard InChI is InChI=1S/C15H20N6O3/c1-16-15(18-8-14-19-9-20-21(14)2)17-5-6-22-11-3-4-12-13(7-11)24-10-23-12/h3-4,7,9H,5-6,8,10H2,1-2H3,(H2,16,17,18). The van der Waals surface area contributed by atoms with Crippen LogP contribution >= 0.6 is 0 Å². The van der Waals surface area contributed by atoms with Crippen LogP contribution in [0.15, 0.2) is 29.5 Å². The lowest BCUT2D eigenvalue weighted by Gasteiger charge is -2.12. The Morgan fingerprint density at radius 2 is 2.21 bits per heavy atom. The largest absolute Gasteiger partial charge is 0.492 e. The normalized spacial score (nSPS) is 13.0. The average Bonchev–Trinajstić information content (AvgIpc) is 3.22. The number of nitrogens with one attached hydrogen (secondary N) is 2. The van der Waals surface area contributed by atoms with Crippen LogP contribution in [0, 0.1) is 0 Å². The van der Waals surface area contributed by atoms with Gasteiger partial charge in [0.25, 0.3) is 0 Å². The number of nitrogens with zero attached hydrogens (tertiary/aromatic N) is 4. The molecule has 0 amide bonds. The molecule has 2 aromatic rings. The second-order valence-electron chi connectivity index (χ2n) is 5.02. The molecule has 0 saturated carbocycles. The van der Waals surface area contributed by atoms with E-state index in [1.54, 1.807) is 11.7 Å². The molecule has 0 fully saturated rings. The molecule has 1 aromatic heterocycles. The molecule has 0 radical (unpaired) electrons. The SMILES string of the molecule is CN=C(NCCOc1ccc2c(c1)OCO2)NCc1ncnn1C. The zero-order chi connectivity index (χ0) is 16.8. The molecule has 9 nitrogen and oxygen atoms in total. The molecule has 24 heavy (non-hydrogen) atoms. The van der Waals surface area contributed by atoms with Gasteiger partial charge in [-0.25, -0.2) is 4.98 Å². The van der Waals surface area contributed by atoms with Crippen molar-refractivity contribution in [2.45, 2.75) is 6.54 Å². The van der Waals surface area contributed by atoms with Gasteiger partial charge in [-0.15, -0.1) is 0 Å². The Morgan fingerprint density at radius 3 is 3.00 bits per heavy atom. The van der Waals surface area contributed by atoms with Crippen LogP contribution in [0.25, 0.3) is 0 Å². The Balaban J connectivity index is 1.39. The van der Waals surface area contributed by atoms with Crippen LogP contribution in [0.5, 0.6) is 17.2 Å². The number of rotatable bonds is 6. The number of fused-ring (bicyclic) bond motifs is 1. The van der Waals surface area contributed by atoms with Gasteiger partial charge in [0, 0.05) is 20.2 Å². The molecule has 0 saturated heterocycles. The molecule has 0 aliphatic carbocycles. The third kappa shape index (κ3) is 3.86. The zero-order valence-electron chi connectivity index (χ0n) is 13.7. The van der Waals surface area contributed by atoms with Gasteiger partial charge in [-0.3, -0.25) is 9.67 Å². The minimum atomic E-state index is 0.258. The molecular formula is C15H20N6O3. The molecule has 128 valence electrons. The first kappa shape index (κ1) is 15.9. The first-order valence-electron chi connectivity index (χ1n) is 7.56. The van der Waals surface area contributed by atoms with Crippen LogP contribution in [-0.2, 0) is 13.6 Å². The van der Waals surface area contributed by atoms with Crippen molar-refractivity contribution in [2.75, 3.05) is 27.0 Å². The number of aryl methyl sites for hydroxylation is 1. The van der Waals surface area contributed by atoms with Gasteiger partial charge >= 0.3 is 0 Å². The molecule has 3 rings (SSSR count). The summed E-state index contributed by atoms with van der Waals surface area (Å²) in [7, 11) is 3.56. The van der Waals surface area contributed by atoms with E-state index in [0.717, 1.165) is 17.3 Å². The van der Waals surface area contributed by atoms with Gasteiger partial charge in [0.15, 0.2) is 17.5 Å². The molecule has 1 aliphatic heterocycles. The number of ether oxygens (including phenoxy) is 3. The lowest BCUT2D eigenvalue weighted by atomic mass is 10.3. The molecule has 0 atom stereocenters. The van der Waals surface area contributed by atoms with E-state index in [-0.39, 0.29) is 6.79 Å². The summed E-state index contributed by atoms with van der Waals surface area (Å²) in [4.78, 5) is 8.30. The monoisotopic (exact) mass is 332 g/mol. The number of aromatic nitrogens is 3. The fraction of sp³-hybridized carbons (Fsp3) is 0.400. The molecule has 1 aliphatic rings. The van der Waals surface area contributed by atoms with Crippen LogP contribution < -0.4 is 24.8 Å². The highest BCUT2D eigenvalue weighted by Crippen LogP contribution is 2.34. The third-order valence-electron chi connectivity index (χ3n) is 3.45. The molecule has 2 heterocycles. The summed E-state index contributed by atoms with van der Waals surface area (Å²) in [5, 5.41) is 10.4.